The van der Waals surface area contributed by atoms with Crippen molar-refractivity contribution in [3.63, 3.8) is 0 Å². The number of amides is 2. The number of hydrogen-bond acceptors (Lipinski definition) is 3. The second-order valence-corrected chi connectivity index (χ2v) is 5.02. The number of benzene rings is 1. The second-order valence-electron chi connectivity index (χ2n) is 5.02. The fourth-order valence-electron chi connectivity index (χ4n) is 2.21. The lowest BCUT2D eigenvalue weighted by Crippen LogP contribution is -2.37. The highest BCUT2D eigenvalue weighted by atomic mass is 16.5. The quantitative estimate of drug-likeness (QED) is 0.633. The number of methoxy groups -OCH3 is 1. The number of carbonyl (C=O) groups is 2. The van der Waals surface area contributed by atoms with Crippen LogP contribution < -0.4 is 4.74 Å². The predicted molar refractivity (Wildman–Crippen MR) is 82.0 cm³/mol. The molecule has 1 aromatic carbocycles. The average molecular weight is 285 g/mol. The van der Waals surface area contributed by atoms with Crippen molar-refractivity contribution in [1.29, 1.82) is 0 Å². The molecular weight excluding hydrogens is 266 g/mol. The summed E-state index contributed by atoms with van der Waals surface area (Å²) in [4.78, 5) is 24.9. The van der Waals surface area contributed by atoms with Crippen LogP contribution in [0.2, 0.25) is 0 Å². The molecule has 0 aromatic heterocycles. The highest BCUT2D eigenvalue weighted by Crippen LogP contribution is 2.24. The topological polar surface area (TPSA) is 46.6 Å². The molecule has 0 aliphatic carbocycles. The van der Waals surface area contributed by atoms with E-state index in [9.17, 15) is 9.59 Å². The van der Waals surface area contributed by atoms with E-state index < -0.39 is 0 Å². The van der Waals surface area contributed by atoms with E-state index in [0.717, 1.165) is 22.4 Å². The SMILES string of the molecule is COc1cc(/C=C/C(=O)N2CC=CCC2=O)cc(C)c1C. The zero-order valence-corrected chi connectivity index (χ0v) is 12.6. The molecule has 0 fully saturated rings. The summed E-state index contributed by atoms with van der Waals surface area (Å²) in [5.41, 5.74) is 3.05. The van der Waals surface area contributed by atoms with Gasteiger partial charge in [0.15, 0.2) is 0 Å². The van der Waals surface area contributed by atoms with Crippen molar-refractivity contribution < 1.29 is 14.3 Å². The van der Waals surface area contributed by atoms with E-state index in [1.807, 2.05) is 32.1 Å². The molecule has 1 aliphatic heterocycles. The largest absolute Gasteiger partial charge is 0.496 e. The van der Waals surface area contributed by atoms with Crippen LogP contribution in [0.5, 0.6) is 5.75 Å². The van der Waals surface area contributed by atoms with Crippen molar-refractivity contribution in [2.45, 2.75) is 20.3 Å². The normalized spacial score (nSPS) is 14.8. The van der Waals surface area contributed by atoms with Crippen LogP contribution in [-0.4, -0.2) is 30.4 Å². The first kappa shape index (κ1) is 15.0. The Labute approximate surface area is 124 Å². The Balaban J connectivity index is 2.17. The molecule has 0 N–H and O–H groups in total. The number of carbonyl (C=O) groups excluding carboxylic acids is 2. The van der Waals surface area contributed by atoms with Crippen LogP contribution in [0, 0.1) is 13.8 Å². The van der Waals surface area contributed by atoms with Gasteiger partial charge in [0.2, 0.25) is 5.91 Å². The molecule has 0 saturated heterocycles. The van der Waals surface area contributed by atoms with Gasteiger partial charge in [0.25, 0.3) is 5.91 Å². The van der Waals surface area contributed by atoms with Crippen molar-refractivity contribution in [3.05, 3.63) is 47.1 Å². The summed E-state index contributed by atoms with van der Waals surface area (Å²) in [7, 11) is 1.62. The minimum atomic E-state index is -0.290. The molecule has 0 spiro atoms. The Kier molecular flexibility index (Phi) is 4.58. The van der Waals surface area contributed by atoms with Gasteiger partial charge in [-0.15, -0.1) is 0 Å². The van der Waals surface area contributed by atoms with Gasteiger partial charge in [-0.05, 0) is 42.7 Å². The standard InChI is InChI=1S/C17H19NO3/c1-12-10-14(11-15(21-3)13(12)2)7-8-17(20)18-9-5-4-6-16(18)19/h4-5,7-8,10-11H,6,9H2,1-3H3/b8-7+. The van der Waals surface area contributed by atoms with Crippen LogP contribution >= 0.6 is 0 Å². The summed E-state index contributed by atoms with van der Waals surface area (Å²) < 4.78 is 5.31. The molecule has 21 heavy (non-hydrogen) atoms. The maximum absolute atomic E-state index is 12.0. The predicted octanol–water partition coefficient (Wildman–Crippen LogP) is 2.64. The van der Waals surface area contributed by atoms with Gasteiger partial charge >= 0.3 is 0 Å². The molecule has 0 unspecified atom stereocenters. The fraction of sp³-hybridized carbons (Fsp3) is 0.294. The molecule has 4 nitrogen and oxygen atoms in total. The number of imide groups is 1. The Morgan fingerprint density at radius 1 is 1.29 bits per heavy atom. The third-order valence-electron chi connectivity index (χ3n) is 3.59. The monoisotopic (exact) mass is 285 g/mol. The molecule has 0 radical (unpaired) electrons. The van der Waals surface area contributed by atoms with E-state index in [2.05, 4.69) is 0 Å². The number of aryl methyl sites for hydroxylation is 1. The molecule has 2 rings (SSSR count). The number of rotatable bonds is 3. The van der Waals surface area contributed by atoms with Crippen molar-refractivity contribution in [1.82, 2.24) is 4.90 Å². The minimum Gasteiger partial charge on any atom is -0.496 e. The average Bonchev–Trinajstić information content (AvgIpc) is 2.48. The van der Waals surface area contributed by atoms with E-state index in [1.165, 1.54) is 11.0 Å². The van der Waals surface area contributed by atoms with E-state index in [0.29, 0.717) is 6.54 Å². The van der Waals surface area contributed by atoms with Gasteiger partial charge in [-0.2, -0.15) is 0 Å². The van der Waals surface area contributed by atoms with Crippen molar-refractivity contribution in [2.75, 3.05) is 13.7 Å². The second kappa shape index (κ2) is 6.39. The number of hydrogen-bond donors (Lipinski definition) is 0. The molecule has 4 heteroatoms. The maximum Gasteiger partial charge on any atom is 0.253 e. The summed E-state index contributed by atoms with van der Waals surface area (Å²) in [6, 6.07) is 3.86. The molecule has 110 valence electrons. The van der Waals surface area contributed by atoms with Crippen LogP contribution in [0.4, 0.5) is 0 Å². The first-order valence-electron chi connectivity index (χ1n) is 6.85. The summed E-state index contributed by atoms with van der Waals surface area (Å²) in [6.45, 7) is 4.33. The fourth-order valence-corrected chi connectivity index (χ4v) is 2.21. The third kappa shape index (κ3) is 3.40. The van der Waals surface area contributed by atoms with Crippen molar-refractivity contribution in [3.8, 4) is 5.75 Å². The zero-order chi connectivity index (χ0) is 15.4. The van der Waals surface area contributed by atoms with E-state index in [-0.39, 0.29) is 18.2 Å². The molecule has 1 aromatic rings. The number of nitrogens with zero attached hydrogens (tertiary/aromatic N) is 1. The van der Waals surface area contributed by atoms with Crippen LogP contribution in [0.3, 0.4) is 0 Å². The molecule has 1 aliphatic rings. The van der Waals surface area contributed by atoms with Gasteiger partial charge in [0.1, 0.15) is 5.75 Å². The van der Waals surface area contributed by atoms with Gasteiger partial charge in [-0.1, -0.05) is 18.2 Å². The highest BCUT2D eigenvalue weighted by Gasteiger charge is 2.19. The van der Waals surface area contributed by atoms with Gasteiger partial charge in [0.05, 0.1) is 7.11 Å². The van der Waals surface area contributed by atoms with Crippen molar-refractivity contribution >= 4 is 17.9 Å². The van der Waals surface area contributed by atoms with Gasteiger partial charge in [0, 0.05) is 19.0 Å². The smallest absolute Gasteiger partial charge is 0.253 e. The summed E-state index contributed by atoms with van der Waals surface area (Å²) in [5.74, 6) is 0.338. The Bertz CT molecular complexity index is 629. The van der Waals surface area contributed by atoms with Crippen LogP contribution in [0.1, 0.15) is 23.1 Å². The Morgan fingerprint density at radius 3 is 2.71 bits per heavy atom. The summed E-state index contributed by atoms with van der Waals surface area (Å²) in [5, 5.41) is 0. The van der Waals surface area contributed by atoms with Crippen LogP contribution in [0.15, 0.2) is 30.4 Å². The summed E-state index contributed by atoms with van der Waals surface area (Å²) >= 11 is 0. The zero-order valence-electron chi connectivity index (χ0n) is 12.6. The molecule has 1 heterocycles. The lowest BCUT2D eigenvalue weighted by atomic mass is 10.0. The molecule has 0 saturated carbocycles. The Hall–Kier alpha value is -2.36. The van der Waals surface area contributed by atoms with Gasteiger partial charge < -0.3 is 4.74 Å². The molecule has 0 atom stereocenters. The Morgan fingerprint density at radius 2 is 2.05 bits per heavy atom. The van der Waals surface area contributed by atoms with Gasteiger partial charge in [-0.3, -0.25) is 14.5 Å². The number of ether oxygens (including phenoxy) is 1. The molecule has 0 bridgehead atoms. The minimum absolute atomic E-state index is 0.162. The molecular formula is C17H19NO3. The lowest BCUT2D eigenvalue weighted by Gasteiger charge is -2.19. The first-order valence-corrected chi connectivity index (χ1v) is 6.85. The van der Waals surface area contributed by atoms with E-state index in [1.54, 1.807) is 19.3 Å². The van der Waals surface area contributed by atoms with E-state index in [4.69, 9.17) is 4.74 Å². The third-order valence-corrected chi connectivity index (χ3v) is 3.59. The van der Waals surface area contributed by atoms with Gasteiger partial charge in [-0.25, -0.2) is 0 Å². The van der Waals surface area contributed by atoms with Crippen molar-refractivity contribution in [2.24, 2.45) is 0 Å². The lowest BCUT2D eigenvalue weighted by molar-refractivity contribution is -0.141. The highest BCUT2D eigenvalue weighted by molar-refractivity contribution is 6.03. The van der Waals surface area contributed by atoms with E-state index >= 15 is 0 Å². The van der Waals surface area contributed by atoms with Crippen LogP contribution in [-0.2, 0) is 9.59 Å². The van der Waals surface area contributed by atoms with Crippen LogP contribution in [0.25, 0.3) is 6.08 Å². The molecule has 2 amide bonds. The summed E-state index contributed by atoms with van der Waals surface area (Å²) in [6.07, 6.45) is 7.04. The first-order chi connectivity index (χ1) is 10.0. The maximum atomic E-state index is 12.0.